The minimum absolute atomic E-state index is 0.350. The topological polar surface area (TPSA) is 49.4 Å². The van der Waals surface area contributed by atoms with Crippen molar-refractivity contribution in [2.75, 3.05) is 44.2 Å². The SMILES string of the molecule is CC(C)CNCCCCCN1CCCS(=O)(=O)CC1. The molecule has 0 aromatic rings. The molecule has 114 valence electrons. The molecule has 1 aliphatic rings. The molecule has 1 aliphatic heterocycles. The lowest BCUT2D eigenvalue weighted by molar-refractivity contribution is 0.287. The number of sulfone groups is 1. The minimum atomic E-state index is -2.75. The first-order chi connectivity index (χ1) is 8.99. The number of nitrogens with one attached hydrogen (secondary N) is 1. The number of nitrogens with zero attached hydrogens (tertiary/aromatic N) is 1. The average Bonchev–Trinajstić information content (AvgIpc) is 2.49. The Bertz CT molecular complexity index is 328. The van der Waals surface area contributed by atoms with Crippen molar-refractivity contribution in [3.05, 3.63) is 0 Å². The van der Waals surface area contributed by atoms with Crippen LogP contribution in [0.2, 0.25) is 0 Å². The fourth-order valence-corrected chi connectivity index (χ4v) is 3.68. The van der Waals surface area contributed by atoms with Gasteiger partial charge in [0.25, 0.3) is 0 Å². The van der Waals surface area contributed by atoms with Crippen LogP contribution in [0.15, 0.2) is 0 Å². The van der Waals surface area contributed by atoms with Crippen LogP contribution in [0.25, 0.3) is 0 Å². The van der Waals surface area contributed by atoms with Crippen LogP contribution in [0.5, 0.6) is 0 Å². The Hall–Kier alpha value is -0.130. The second-order valence-corrected chi connectivity index (χ2v) is 8.31. The van der Waals surface area contributed by atoms with Crippen LogP contribution in [0.1, 0.15) is 39.5 Å². The van der Waals surface area contributed by atoms with Gasteiger partial charge in [0.1, 0.15) is 0 Å². The molecule has 1 fully saturated rings. The zero-order valence-corrected chi connectivity index (χ0v) is 13.3. The fraction of sp³-hybridized carbons (Fsp3) is 1.00. The molecule has 0 atom stereocenters. The van der Waals surface area contributed by atoms with Crippen molar-refractivity contribution in [2.24, 2.45) is 5.92 Å². The maximum Gasteiger partial charge on any atom is 0.151 e. The molecule has 1 heterocycles. The molecule has 1 saturated heterocycles. The Morgan fingerprint density at radius 2 is 1.89 bits per heavy atom. The summed E-state index contributed by atoms with van der Waals surface area (Å²) in [6.45, 7) is 9.38. The highest BCUT2D eigenvalue weighted by Gasteiger charge is 2.18. The summed E-state index contributed by atoms with van der Waals surface area (Å²) in [6.07, 6.45) is 4.44. The van der Waals surface area contributed by atoms with Gasteiger partial charge in [-0.25, -0.2) is 8.42 Å². The monoisotopic (exact) mass is 290 g/mol. The Kier molecular flexibility index (Phi) is 7.95. The molecule has 0 spiro atoms. The van der Waals surface area contributed by atoms with Crippen LogP contribution in [-0.2, 0) is 9.84 Å². The van der Waals surface area contributed by atoms with E-state index >= 15 is 0 Å². The van der Waals surface area contributed by atoms with Gasteiger partial charge in [-0.2, -0.15) is 0 Å². The van der Waals surface area contributed by atoms with Crippen LogP contribution in [0.4, 0.5) is 0 Å². The highest BCUT2D eigenvalue weighted by molar-refractivity contribution is 7.91. The normalized spacial score (nSPS) is 20.6. The van der Waals surface area contributed by atoms with Crippen LogP contribution >= 0.6 is 0 Å². The summed E-state index contributed by atoms with van der Waals surface area (Å²) in [6, 6.07) is 0. The molecule has 4 nitrogen and oxygen atoms in total. The summed E-state index contributed by atoms with van der Waals surface area (Å²) in [7, 11) is -2.75. The fourth-order valence-electron chi connectivity index (χ4n) is 2.37. The van der Waals surface area contributed by atoms with E-state index < -0.39 is 9.84 Å². The summed E-state index contributed by atoms with van der Waals surface area (Å²) in [4.78, 5) is 2.31. The van der Waals surface area contributed by atoms with E-state index in [1.165, 1.54) is 19.3 Å². The number of rotatable bonds is 8. The lowest BCUT2D eigenvalue weighted by Crippen LogP contribution is -2.28. The standard InChI is InChI=1S/C14H30N2O2S/c1-14(2)13-15-7-4-3-5-8-16-9-6-11-19(17,18)12-10-16/h14-15H,3-13H2,1-2H3. The van der Waals surface area contributed by atoms with E-state index in [0.29, 0.717) is 11.5 Å². The first-order valence-corrected chi connectivity index (χ1v) is 9.45. The van der Waals surface area contributed by atoms with Gasteiger partial charge in [0.15, 0.2) is 9.84 Å². The van der Waals surface area contributed by atoms with E-state index in [4.69, 9.17) is 0 Å². The molecule has 19 heavy (non-hydrogen) atoms. The van der Waals surface area contributed by atoms with Gasteiger partial charge in [-0.3, -0.25) is 0 Å². The van der Waals surface area contributed by atoms with E-state index in [2.05, 4.69) is 24.1 Å². The third-order valence-electron chi connectivity index (χ3n) is 3.53. The zero-order valence-electron chi connectivity index (χ0n) is 12.5. The Labute approximate surface area is 118 Å². The van der Waals surface area contributed by atoms with E-state index in [1.807, 2.05) is 0 Å². The highest BCUT2D eigenvalue weighted by atomic mass is 32.2. The first kappa shape index (κ1) is 16.9. The zero-order chi connectivity index (χ0) is 14.1. The number of hydrogen-bond acceptors (Lipinski definition) is 4. The van der Waals surface area contributed by atoms with Crippen molar-refractivity contribution < 1.29 is 8.42 Å². The maximum absolute atomic E-state index is 11.5. The molecule has 0 bridgehead atoms. The molecule has 1 rings (SSSR count). The van der Waals surface area contributed by atoms with Crippen molar-refractivity contribution in [1.82, 2.24) is 10.2 Å². The third kappa shape index (κ3) is 8.60. The average molecular weight is 290 g/mol. The predicted octanol–water partition coefficient (Wildman–Crippen LogP) is 1.52. The van der Waals surface area contributed by atoms with Crippen LogP contribution < -0.4 is 5.32 Å². The van der Waals surface area contributed by atoms with E-state index in [9.17, 15) is 8.42 Å². The maximum atomic E-state index is 11.5. The van der Waals surface area contributed by atoms with Crippen molar-refractivity contribution >= 4 is 9.84 Å². The van der Waals surface area contributed by atoms with Gasteiger partial charge in [-0.1, -0.05) is 20.3 Å². The Morgan fingerprint density at radius 1 is 1.11 bits per heavy atom. The van der Waals surface area contributed by atoms with E-state index in [0.717, 1.165) is 45.1 Å². The molecule has 0 saturated carbocycles. The number of hydrogen-bond donors (Lipinski definition) is 1. The highest BCUT2D eigenvalue weighted by Crippen LogP contribution is 2.06. The Morgan fingerprint density at radius 3 is 2.63 bits per heavy atom. The Balaban J connectivity index is 2.00. The van der Waals surface area contributed by atoms with Crippen molar-refractivity contribution in [3.63, 3.8) is 0 Å². The smallest absolute Gasteiger partial charge is 0.151 e. The predicted molar refractivity (Wildman–Crippen MR) is 81.3 cm³/mol. The van der Waals surface area contributed by atoms with E-state index in [1.54, 1.807) is 0 Å². The molecule has 0 unspecified atom stereocenters. The van der Waals surface area contributed by atoms with Crippen LogP contribution in [0, 0.1) is 5.92 Å². The summed E-state index contributed by atoms with van der Waals surface area (Å²) in [5.74, 6) is 1.45. The van der Waals surface area contributed by atoms with Crippen molar-refractivity contribution in [3.8, 4) is 0 Å². The largest absolute Gasteiger partial charge is 0.316 e. The van der Waals surface area contributed by atoms with Crippen LogP contribution in [-0.4, -0.2) is 57.5 Å². The van der Waals surface area contributed by atoms with Crippen molar-refractivity contribution in [1.29, 1.82) is 0 Å². The molecule has 5 heteroatoms. The summed E-state index contributed by atoms with van der Waals surface area (Å²) in [5, 5.41) is 3.45. The minimum Gasteiger partial charge on any atom is -0.316 e. The first-order valence-electron chi connectivity index (χ1n) is 7.63. The molecular formula is C14H30N2O2S. The second-order valence-electron chi connectivity index (χ2n) is 6.01. The van der Waals surface area contributed by atoms with Gasteiger partial charge < -0.3 is 10.2 Å². The lowest BCUT2D eigenvalue weighted by atomic mass is 10.2. The summed E-state index contributed by atoms with van der Waals surface area (Å²) in [5.41, 5.74) is 0. The van der Waals surface area contributed by atoms with Gasteiger partial charge in [-0.15, -0.1) is 0 Å². The summed E-state index contributed by atoms with van der Waals surface area (Å²) < 4.78 is 23.0. The van der Waals surface area contributed by atoms with Gasteiger partial charge >= 0.3 is 0 Å². The molecule has 0 amide bonds. The van der Waals surface area contributed by atoms with E-state index in [-0.39, 0.29) is 0 Å². The number of unbranched alkanes of at least 4 members (excludes halogenated alkanes) is 2. The third-order valence-corrected chi connectivity index (χ3v) is 5.24. The van der Waals surface area contributed by atoms with Gasteiger partial charge in [0.2, 0.25) is 0 Å². The second kappa shape index (κ2) is 8.93. The van der Waals surface area contributed by atoms with Crippen LogP contribution in [0.3, 0.4) is 0 Å². The van der Waals surface area contributed by atoms with Gasteiger partial charge in [0, 0.05) is 6.54 Å². The molecule has 0 radical (unpaired) electrons. The van der Waals surface area contributed by atoms with Gasteiger partial charge in [0.05, 0.1) is 11.5 Å². The molecule has 0 aromatic heterocycles. The molecule has 0 aromatic carbocycles. The lowest BCUT2D eigenvalue weighted by Gasteiger charge is -2.18. The van der Waals surface area contributed by atoms with Crippen molar-refractivity contribution in [2.45, 2.75) is 39.5 Å². The quantitative estimate of drug-likeness (QED) is 0.689. The van der Waals surface area contributed by atoms with Gasteiger partial charge in [-0.05, 0) is 51.4 Å². The molecule has 1 N–H and O–H groups in total. The molecule has 0 aliphatic carbocycles. The summed E-state index contributed by atoms with van der Waals surface area (Å²) >= 11 is 0. The molecular weight excluding hydrogens is 260 g/mol.